The number of nitro benzene ring substituents is 1. The molecule has 0 fully saturated rings. The van der Waals surface area contributed by atoms with Crippen molar-refractivity contribution in [1.82, 2.24) is 4.98 Å². The molecule has 0 amide bonds. The molecule has 0 unspecified atom stereocenters. The van der Waals surface area contributed by atoms with Crippen LogP contribution in [0.25, 0.3) is 12.2 Å². The van der Waals surface area contributed by atoms with Crippen LogP contribution in [0.1, 0.15) is 15.9 Å². The van der Waals surface area contributed by atoms with Crippen molar-refractivity contribution >= 4 is 35.0 Å². The molecule has 28 heavy (non-hydrogen) atoms. The average molecular weight is 397 g/mol. The number of H-pyrrole nitrogens is 1. The summed E-state index contributed by atoms with van der Waals surface area (Å²) in [5, 5.41) is 22.3. The Hall–Kier alpha value is -3.72. The largest absolute Gasteiger partial charge is 0.868 e. The Kier molecular flexibility index (Phi) is 5.37. The highest BCUT2D eigenvalue weighted by Gasteiger charge is 2.08. The van der Waals surface area contributed by atoms with Crippen molar-refractivity contribution in [3.8, 4) is 11.5 Å². The van der Waals surface area contributed by atoms with E-state index in [-0.39, 0.29) is 10.3 Å². The van der Waals surface area contributed by atoms with E-state index in [9.17, 15) is 24.8 Å². The molecule has 0 saturated heterocycles. The van der Waals surface area contributed by atoms with Gasteiger partial charge < -0.3 is 14.8 Å². The van der Waals surface area contributed by atoms with Crippen molar-refractivity contribution in [3.05, 3.63) is 83.3 Å². The predicted octanol–water partition coefficient (Wildman–Crippen LogP) is 0.919. The van der Waals surface area contributed by atoms with Gasteiger partial charge in [0.05, 0.1) is 21.2 Å². The lowest BCUT2D eigenvalue weighted by Gasteiger charge is -2.05. The number of ketones is 1. The Morgan fingerprint density at radius 1 is 1.21 bits per heavy atom. The second kappa shape index (κ2) is 7.89. The Labute approximate surface area is 161 Å². The predicted molar refractivity (Wildman–Crippen MR) is 102 cm³/mol. The molecule has 0 saturated carbocycles. The number of benzene rings is 2. The third kappa shape index (κ3) is 4.15. The number of nitro groups is 1. The van der Waals surface area contributed by atoms with Crippen LogP contribution in [0.2, 0.25) is 0 Å². The Bertz CT molecular complexity index is 1220. The summed E-state index contributed by atoms with van der Waals surface area (Å²) in [7, 11) is 1.52. The molecule has 3 rings (SSSR count). The molecule has 0 spiro atoms. The number of rotatable bonds is 5. The number of nitrogens with one attached hydrogen (secondary N) is 1. The molecule has 0 atom stereocenters. The maximum absolute atomic E-state index is 12.3. The SMILES string of the molecule is COc1ccc(C(=O)/C=c2\[nH]c(=O)/c(=C\c3ccc([O-])c([N+](=O)[O-])c3)s2)cc1. The summed E-state index contributed by atoms with van der Waals surface area (Å²) in [6.07, 6.45) is 2.72. The van der Waals surface area contributed by atoms with Crippen molar-refractivity contribution in [3.63, 3.8) is 0 Å². The Morgan fingerprint density at radius 3 is 2.57 bits per heavy atom. The molecule has 0 aliphatic carbocycles. The average Bonchev–Trinajstić information content (AvgIpc) is 3.01. The summed E-state index contributed by atoms with van der Waals surface area (Å²) in [6.45, 7) is 0. The van der Waals surface area contributed by atoms with Crippen LogP contribution >= 0.6 is 11.3 Å². The molecule has 0 radical (unpaired) electrons. The van der Waals surface area contributed by atoms with E-state index in [0.717, 1.165) is 23.5 Å². The van der Waals surface area contributed by atoms with Gasteiger partial charge in [0.2, 0.25) is 0 Å². The molecule has 3 aromatic rings. The van der Waals surface area contributed by atoms with Crippen LogP contribution in [0, 0.1) is 10.1 Å². The third-order valence-electron chi connectivity index (χ3n) is 3.79. The topological polar surface area (TPSA) is 125 Å². The number of hydrogen-bond acceptors (Lipinski definition) is 7. The fraction of sp³-hybridized carbons (Fsp3) is 0.0526. The maximum Gasteiger partial charge on any atom is 0.266 e. The number of carbonyl (C=O) groups excluding carboxylic acids is 1. The molecule has 1 N–H and O–H groups in total. The van der Waals surface area contributed by atoms with Crippen LogP contribution in [-0.4, -0.2) is 22.8 Å². The minimum atomic E-state index is -0.773. The smallest absolute Gasteiger partial charge is 0.266 e. The van der Waals surface area contributed by atoms with Gasteiger partial charge in [0.1, 0.15) is 5.75 Å². The van der Waals surface area contributed by atoms with E-state index in [1.54, 1.807) is 24.3 Å². The van der Waals surface area contributed by atoms with Gasteiger partial charge in [0.25, 0.3) is 11.2 Å². The van der Waals surface area contributed by atoms with E-state index in [1.807, 2.05) is 0 Å². The Morgan fingerprint density at radius 2 is 1.93 bits per heavy atom. The highest BCUT2D eigenvalue weighted by atomic mass is 32.1. The van der Waals surface area contributed by atoms with E-state index in [4.69, 9.17) is 4.74 Å². The van der Waals surface area contributed by atoms with Gasteiger partial charge in [0, 0.05) is 17.7 Å². The number of nitrogens with zero attached hydrogens (tertiary/aromatic N) is 1. The summed E-state index contributed by atoms with van der Waals surface area (Å²) >= 11 is 1.03. The number of carbonyl (C=O) groups is 1. The number of Topliss-reactive ketones (excluding diaryl/α,β-unsaturated/α-hetero) is 1. The van der Waals surface area contributed by atoms with E-state index in [2.05, 4.69) is 4.98 Å². The summed E-state index contributed by atoms with van der Waals surface area (Å²) in [4.78, 5) is 37.1. The van der Waals surface area contributed by atoms with Gasteiger partial charge in [-0.2, -0.15) is 0 Å². The minimum Gasteiger partial charge on any atom is -0.868 e. The molecular weight excluding hydrogens is 384 g/mol. The lowest BCUT2D eigenvalue weighted by atomic mass is 10.1. The zero-order valence-electron chi connectivity index (χ0n) is 14.5. The monoisotopic (exact) mass is 397 g/mol. The fourth-order valence-electron chi connectivity index (χ4n) is 2.40. The van der Waals surface area contributed by atoms with Gasteiger partial charge in [-0.05, 0) is 41.7 Å². The van der Waals surface area contributed by atoms with Gasteiger partial charge in [-0.1, -0.05) is 12.1 Å². The molecule has 0 aliphatic heterocycles. The summed E-state index contributed by atoms with van der Waals surface area (Å²) in [5.41, 5.74) is -0.232. The van der Waals surface area contributed by atoms with Crippen LogP contribution in [0.5, 0.6) is 11.5 Å². The molecule has 2 aromatic carbocycles. The van der Waals surface area contributed by atoms with Crippen molar-refractivity contribution in [2.75, 3.05) is 7.11 Å². The van der Waals surface area contributed by atoms with Gasteiger partial charge >= 0.3 is 0 Å². The van der Waals surface area contributed by atoms with Crippen molar-refractivity contribution in [2.45, 2.75) is 0 Å². The quantitative estimate of drug-likeness (QED) is 0.388. The van der Waals surface area contributed by atoms with Crippen LogP contribution in [0.3, 0.4) is 0 Å². The van der Waals surface area contributed by atoms with Gasteiger partial charge in [-0.15, -0.1) is 11.3 Å². The number of methoxy groups -OCH3 is 1. The highest BCUT2D eigenvalue weighted by Crippen LogP contribution is 2.23. The fourth-order valence-corrected chi connectivity index (χ4v) is 3.29. The standard InChI is InChI=1S/C19H14N2O6S/c1-27-13-5-3-12(4-6-13)16(23)10-18-20-19(24)17(28-18)9-11-2-7-15(22)14(8-11)21(25)26/h2-10,22H,1H3,(H,20,24)/p-1/b17-9+,18-10+. The number of aromatic amines is 1. The van der Waals surface area contributed by atoms with Crippen molar-refractivity contribution in [2.24, 2.45) is 0 Å². The summed E-state index contributed by atoms with van der Waals surface area (Å²) in [6, 6.07) is 10.1. The Balaban J connectivity index is 1.96. The zero-order valence-corrected chi connectivity index (χ0v) is 15.3. The van der Waals surface area contributed by atoms with Crippen molar-refractivity contribution < 1.29 is 19.6 Å². The first kappa shape index (κ1) is 19.1. The molecule has 8 nitrogen and oxygen atoms in total. The van der Waals surface area contributed by atoms with Crippen molar-refractivity contribution in [1.29, 1.82) is 0 Å². The first-order valence-electron chi connectivity index (χ1n) is 7.94. The molecule has 9 heteroatoms. The van der Waals surface area contributed by atoms with E-state index < -0.39 is 21.9 Å². The van der Waals surface area contributed by atoms with Crippen LogP contribution in [-0.2, 0) is 0 Å². The van der Waals surface area contributed by atoms with Crippen LogP contribution < -0.4 is 24.6 Å². The number of ether oxygens (including phenoxy) is 1. The van der Waals surface area contributed by atoms with Crippen LogP contribution in [0.15, 0.2) is 47.3 Å². The molecule has 0 aliphatic rings. The lowest BCUT2D eigenvalue weighted by molar-refractivity contribution is -0.398. The van der Waals surface area contributed by atoms with E-state index >= 15 is 0 Å². The van der Waals surface area contributed by atoms with Gasteiger partial charge in [-0.25, -0.2) is 0 Å². The molecular formula is C19H13N2O6S-. The lowest BCUT2D eigenvalue weighted by Crippen LogP contribution is -2.20. The number of thiazole rings is 1. The first-order valence-corrected chi connectivity index (χ1v) is 8.75. The molecule has 1 heterocycles. The summed E-state index contributed by atoms with van der Waals surface area (Å²) in [5.74, 6) is -0.379. The minimum absolute atomic E-state index is 0.252. The first-order chi connectivity index (χ1) is 13.4. The van der Waals surface area contributed by atoms with E-state index in [1.165, 1.54) is 25.3 Å². The second-order valence-corrected chi connectivity index (χ2v) is 6.73. The second-order valence-electron chi connectivity index (χ2n) is 5.65. The zero-order chi connectivity index (χ0) is 20.3. The van der Waals surface area contributed by atoms with Gasteiger partial charge in [0.15, 0.2) is 5.78 Å². The van der Waals surface area contributed by atoms with E-state index in [0.29, 0.717) is 21.5 Å². The maximum atomic E-state index is 12.3. The van der Waals surface area contributed by atoms with Crippen LogP contribution in [0.4, 0.5) is 5.69 Å². The highest BCUT2D eigenvalue weighted by molar-refractivity contribution is 7.07. The molecule has 0 bridgehead atoms. The number of aromatic nitrogens is 1. The normalized spacial score (nSPS) is 12.2. The summed E-state index contributed by atoms with van der Waals surface area (Å²) < 4.78 is 5.63. The molecule has 142 valence electrons. The number of hydrogen-bond donors (Lipinski definition) is 1. The third-order valence-corrected chi connectivity index (χ3v) is 4.76. The molecule has 1 aromatic heterocycles. The van der Waals surface area contributed by atoms with Gasteiger partial charge in [-0.3, -0.25) is 19.7 Å².